The van der Waals surface area contributed by atoms with Gasteiger partial charge in [0.05, 0.1) is 0 Å². The zero-order chi connectivity index (χ0) is 12.0. The van der Waals surface area contributed by atoms with Gasteiger partial charge in [0.25, 0.3) is 0 Å². The van der Waals surface area contributed by atoms with Gasteiger partial charge in [-0.15, -0.1) is 6.58 Å². The summed E-state index contributed by atoms with van der Waals surface area (Å²) < 4.78 is 6.10. The summed E-state index contributed by atoms with van der Waals surface area (Å²) in [6, 6.07) is 0. The lowest BCUT2D eigenvalue weighted by atomic mass is 10.3. The van der Waals surface area contributed by atoms with Crippen molar-refractivity contribution in [1.82, 2.24) is 4.90 Å². The summed E-state index contributed by atoms with van der Waals surface area (Å²) >= 11 is 0. The highest BCUT2D eigenvalue weighted by atomic mass is 16.5. The summed E-state index contributed by atoms with van der Waals surface area (Å²) in [5.74, 6) is 1.05. The molecule has 16 heavy (non-hydrogen) atoms. The number of hydrogen-bond acceptors (Lipinski definition) is 2. The number of nitrogens with zero attached hydrogens (tertiary/aromatic N) is 1. The van der Waals surface area contributed by atoms with Gasteiger partial charge in [-0.2, -0.15) is 0 Å². The van der Waals surface area contributed by atoms with Crippen molar-refractivity contribution in [3.05, 3.63) is 24.6 Å². The van der Waals surface area contributed by atoms with Crippen molar-refractivity contribution in [2.45, 2.75) is 52.1 Å². The van der Waals surface area contributed by atoms with Gasteiger partial charge in [0, 0.05) is 13.1 Å². The molecule has 0 spiro atoms. The first-order valence-corrected chi connectivity index (χ1v) is 6.40. The van der Waals surface area contributed by atoms with E-state index in [1.54, 1.807) is 0 Å². The van der Waals surface area contributed by atoms with Gasteiger partial charge in [-0.1, -0.05) is 19.4 Å². The number of allylic oxidation sites excluding steroid dienone is 1. The molecule has 1 saturated carbocycles. The molecule has 2 heteroatoms. The van der Waals surface area contributed by atoms with E-state index in [0.717, 1.165) is 31.8 Å². The third-order valence-electron chi connectivity index (χ3n) is 2.96. The number of rotatable bonds is 8. The van der Waals surface area contributed by atoms with Gasteiger partial charge >= 0.3 is 0 Å². The average molecular weight is 223 g/mol. The predicted molar refractivity (Wildman–Crippen MR) is 69.2 cm³/mol. The minimum absolute atomic E-state index is 0.105. The van der Waals surface area contributed by atoms with Crippen molar-refractivity contribution in [1.29, 1.82) is 0 Å². The van der Waals surface area contributed by atoms with Crippen LogP contribution in [0.15, 0.2) is 24.6 Å². The maximum Gasteiger partial charge on any atom is 0.185 e. The van der Waals surface area contributed by atoms with Crippen LogP contribution in [0.2, 0.25) is 0 Å². The lowest BCUT2D eigenvalue weighted by molar-refractivity contribution is 0.0490. The number of unbranched alkanes of at least 4 members (excludes halogenated alkanes) is 1. The first-order valence-electron chi connectivity index (χ1n) is 6.40. The zero-order valence-corrected chi connectivity index (χ0v) is 11.0. The quantitative estimate of drug-likeness (QED) is 0.459. The highest BCUT2D eigenvalue weighted by Crippen LogP contribution is 2.41. The van der Waals surface area contributed by atoms with E-state index in [-0.39, 0.29) is 5.60 Å². The Morgan fingerprint density at radius 1 is 1.44 bits per heavy atom. The van der Waals surface area contributed by atoms with Gasteiger partial charge in [-0.3, -0.25) is 0 Å². The zero-order valence-electron chi connectivity index (χ0n) is 11.0. The van der Waals surface area contributed by atoms with Crippen molar-refractivity contribution >= 4 is 0 Å². The van der Waals surface area contributed by atoms with Gasteiger partial charge in [-0.05, 0) is 39.2 Å². The summed E-state index contributed by atoms with van der Waals surface area (Å²) in [5.41, 5.74) is 0.105. The molecule has 0 heterocycles. The number of hydrogen-bond donors (Lipinski definition) is 0. The molecule has 0 bridgehead atoms. The minimum Gasteiger partial charge on any atom is -0.473 e. The minimum atomic E-state index is 0.105. The fourth-order valence-electron chi connectivity index (χ4n) is 1.56. The van der Waals surface area contributed by atoms with E-state index in [4.69, 9.17) is 4.74 Å². The SMILES string of the molecule is C=CCN(CC)/C(=C/CCC)OC1(C)CC1. The summed E-state index contributed by atoms with van der Waals surface area (Å²) in [6.45, 7) is 12.2. The van der Waals surface area contributed by atoms with Crippen LogP contribution in [-0.4, -0.2) is 23.6 Å². The van der Waals surface area contributed by atoms with E-state index < -0.39 is 0 Å². The maximum absolute atomic E-state index is 6.10. The topological polar surface area (TPSA) is 12.5 Å². The summed E-state index contributed by atoms with van der Waals surface area (Å²) in [6.07, 6.45) is 8.76. The van der Waals surface area contributed by atoms with E-state index in [1.165, 1.54) is 12.8 Å². The molecule has 0 N–H and O–H groups in total. The Bertz CT molecular complexity index is 253. The molecule has 0 amide bonds. The predicted octanol–water partition coefficient (Wildman–Crippen LogP) is 3.70. The second kappa shape index (κ2) is 5.97. The molecule has 0 saturated heterocycles. The summed E-state index contributed by atoms with van der Waals surface area (Å²) in [5, 5.41) is 0. The smallest absolute Gasteiger partial charge is 0.185 e. The second-order valence-electron chi connectivity index (χ2n) is 4.71. The average Bonchev–Trinajstić information content (AvgIpc) is 2.99. The standard InChI is InChI=1S/C14H25NO/c1-5-8-9-13(15(7-3)12-6-2)16-14(4)10-11-14/h6,9H,2,5,7-8,10-12H2,1,3-4H3/b13-9-. The van der Waals surface area contributed by atoms with Crippen LogP contribution < -0.4 is 0 Å². The van der Waals surface area contributed by atoms with Crippen LogP contribution in [0.1, 0.15) is 46.5 Å². The lowest BCUT2D eigenvalue weighted by Gasteiger charge is -2.27. The lowest BCUT2D eigenvalue weighted by Crippen LogP contribution is -2.27. The molecule has 1 aliphatic rings. The fraction of sp³-hybridized carbons (Fsp3) is 0.714. The molecular formula is C14H25NO. The van der Waals surface area contributed by atoms with E-state index >= 15 is 0 Å². The van der Waals surface area contributed by atoms with Crippen LogP contribution in [0.3, 0.4) is 0 Å². The van der Waals surface area contributed by atoms with Crippen molar-refractivity contribution in [2.75, 3.05) is 13.1 Å². The van der Waals surface area contributed by atoms with Gasteiger partial charge in [-0.25, -0.2) is 0 Å². The Balaban J connectivity index is 2.63. The van der Waals surface area contributed by atoms with Gasteiger partial charge in [0.2, 0.25) is 0 Å². The molecule has 0 aliphatic heterocycles. The van der Waals surface area contributed by atoms with Gasteiger partial charge in [0.1, 0.15) is 5.60 Å². The highest BCUT2D eigenvalue weighted by molar-refractivity contribution is 5.02. The normalized spacial score (nSPS) is 18.1. The van der Waals surface area contributed by atoms with Crippen molar-refractivity contribution in [2.24, 2.45) is 0 Å². The van der Waals surface area contributed by atoms with Crippen LogP contribution in [0.25, 0.3) is 0 Å². The molecule has 1 fully saturated rings. The van der Waals surface area contributed by atoms with Gasteiger partial charge < -0.3 is 9.64 Å². The molecule has 0 unspecified atom stereocenters. The molecule has 92 valence electrons. The monoisotopic (exact) mass is 223 g/mol. The Labute approximate surface area is 100.0 Å². The van der Waals surface area contributed by atoms with E-state index in [9.17, 15) is 0 Å². The van der Waals surface area contributed by atoms with Crippen LogP contribution >= 0.6 is 0 Å². The van der Waals surface area contributed by atoms with Crippen LogP contribution in [0.4, 0.5) is 0 Å². The first-order chi connectivity index (χ1) is 7.65. The molecule has 0 aromatic heterocycles. The number of likely N-dealkylation sites (N-methyl/N-ethyl adjacent to an activating group) is 1. The molecule has 1 aliphatic carbocycles. The molecule has 0 aromatic carbocycles. The van der Waals surface area contributed by atoms with Crippen molar-refractivity contribution < 1.29 is 4.74 Å². The second-order valence-corrected chi connectivity index (χ2v) is 4.71. The Morgan fingerprint density at radius 3 is 2.56 bits per heavy atom. The molecular weight excluding hydrogens is 198 g/mol. The Hall–Kier alpha value is -0.920. The van der Waals surface area contributed by atoms with E-state index in [2.05, 4.69) is 38.3 Å². The van der Waals surface area contributed by atoms with Crippen molar-refractivity contribution in [3.63, 3.8) is 0 Å². The fourth-order valence-corrected chi connectivity index (χ4v) is 1.56. The largest absolute Gasteiger partial charge is 0.473 e. The van der Waals surface area contributed by atoms with Crippen LogP contribution in [-0.2, 0) is 4.74 Å². The molecule has 0 atom stereocenters. The number of ether oxygens (including phenoxy) is 1. The Morgan fingerprint density at radius 2 is 2.12 bits per heavy atom. The van der Waals surface area contributed by atoms with Crippen LogP contribution in [0.5, 0.6) is 0 Å². The molecule has 2 nitrogen and oxygen atoms in total. The van der Waals surface area contributed by atoms with E-state index in [0.29, 0.717) is 0 Å². The van der Waals surface area contributed by atoms with E-state index in [1.807, 2.05) is 6.08 Å². The first kappa shape index (κ1) is 13.1. The Kier molecular flexibility index (Phi) is 4.91. The van der Waals surface area contributed by atoms with Gasteiger partial charge in [0.15, 0.2) is 5.88 Å². The summed E-state index contributed by atoms with van der Waals surface area (Å²) in [7, 11) is 0. The molecule has 0 aromatic rings. The third kappa shape index (κ3) is 3.92. The highest BCUT2D eigenvalue weighted by Gasteiger charge is 2.41. The molecule has 0 radical (unpaired) electrons. The third-order valence-corrected chi connectivity index (χ3v) is 2.96. The van der Waals surface area contributed by atoms with Crippen molar-refractivity contribution in [3.8, 4) is 0 Å². The van der Waals surface area contributed by atoms with Crippen LogP contribution in [0, 0.1) is 0 Å². The maximum atomic E-state index is 6.10. The molecule has 1 rings (SSSR count). The summed E-state index contributed by atoms with van der Waals surface area (Å²) in [4.78, 5) is 2.24.